The molecular weight excluding hydrogens is 216 g/mol. The van der Waals surface area contributed by atoms with Crippen molar-refractivity contribution in [3.63, 3.8) is 0 Å². The molecule has 0 aliphatic carbocycles. The first-order valence-corrected chi connectivity index (χ1v) is 6.09. The fourth-order valence-corrected chi connectivity index (χ4v) is 1.73. The molecule has 0 radical (unpaired) electrons. The van der Waals surface area contributed by atoms with Gasteiger partial charge in [0.1, 0.15) is 0 Å². The summed E-state index contributed by atoms with van der Waals surface area (Å²) < 4.78 is 1.61. The second kappa shape index (κ2) is 6.39. The second-order valence-electron chi connectivity index (χ2n) is 4.64. The topological polar surface area (TPSA) is 72.9 Å². The van der Waals surface area contributed by atoms with E-state index in [2.05, 4.69) is 24.1 Å². The van der Waals surface area contributed by atoms with E-state index < -0.39 is 0 Å². The fraction of sp³-hybridized carbons (Fsp3) is 0.667. The van der Waals surface area contributed by atoms with Gasteiger partial charge in [0.05, 0.1) is 0 Å². The van der Waals surface area contributed by atoms with Crippen LogP contribution in [0.15, 0.2) is 17.2 Å². The standard InChI is InChI=1S/C12H22N4O/c1-4-16-6-5-14-11(12(16)17)15-8-10(13)7-9(2)3/h5-6,9-10H,4,7-8,13H2,1-3H3,(H,14,15). The highest BCUT2D eigenvalue weighted by atomic mass is 16.1. The fourth-order valence-electron chi connectivity index (χ4n) is 1.73. The summed E-state index contributed by atoms with van der Waals surface area (Å²) in [4.78, 5) is 15.9. The van der Waals surface area contributed by atoms with Gasteiger partial charge in [-0.15, -0.1) is 0 Å². The van der Waals surface area contributed by atoms with Crippen LogP contribution in [0.4, 0.5) is 5.82 Å². The summed E-state index contributed by atoms with van der Waals surface area (Å²) in [6.45, 7) is 7.41. The Balaban J connectivity index is 2.61. The zero-order valence-corrected chi connectivity index (χ0v) is 10.8. The lowest BCUT2D eigenvalue weighted by molar-refractivity contribution is 0.507. The third kappa shape index (κ3) is 4.19. The lowest BCUT2D eigenvalue weighted by atomic mass is 10.0. The molecule has 5 heteroatoms. The molecule has 17 heavy (non-hydrogen) atoms. The van der Waals surface area contributed by atoms with E-state index in [1.165, 1.54) is 0 Å². The first-order chi connectivity index (χ1) is 8.04. The van der Waals surface area contributed by atoms with E-state index in [0.29, 0.717) is 24.8 Å². The molecule has 3 N–H and O–H groups in total. The number of anilines is 1. The predicted octanol–water partition coefficient (Wildman–Crippen LogP) is 1.05. The Kier molecular flexibility index (Phi) is 5.15. The number of hydrogen-bond acceptors (Lipinski definition) is 4. The zero-order chi connectivity index (χ0) is 12.8. The lowest BCUT2D eigenvalue weighted by Gasteiger charge is -2.15. The maximum absolute atomic E-state index is 11.8. The minimum absolute atomic E-state index is 0.0477. The molecule has 0 bridgehead atoms. The number of nitrogens with one attached hydrogen (secondary N) is 1. The molecule has 1 unspecified atom stereocenters. The van der Waals surface area contributed by atoms with Crippen molar-refractivity contribution < 1.29 is 0 Å². The molecule has 96 valence electrons. The number of aromatic nitrogens is 2. The van der Waals surface area contributed by atoms with Crippen molar-refractivity contribution in [1.82, 2.24) is 9.55 Å². The van der Waals surface area contributed by atoms with Crippen LogP contribution >= 0.6 is 0 Å². The third-order valence-corrected chi connectivity index (χ3v) is 2.56. The summed E-state index contributed by atoms with van der Waals surface area (Å²) in [5, 5.41) is 3.02. The maximum atomic E-state index is 11.8. The minimum atomic E-state index is -0.0910. The van der Waals surface area contributed by atoms with E-state index in [1.807, 2.05) is 6.92 Å². The van der Waals surface area contributed by atoms with Gasteiger partial charge < -0.3 is 15.6 Å². The van der Waals surface area contributed by atoms with Gasteiger partial charge in [-0.2, -0.15) is 0 Å². The Morgan fingerprint density at radius 2 is 2.24 bits per heavy atom. The first-order valence-electron chi connectivity index (χ1n) is 6.09. The Morgan fingerprint density at radius 3 is 2.82 bits per heavy atom. The quantitative estimate of drug-likeness (QED) is 0.777. The van der Waals surface area contributed by atoms with Crippen molar-refractivity contribution >= 4 is 5.82 Å². The normalized spacial score (nSPS) is 12.8. The van der Waals surface area contributed by atoms with Crippen LogP contribution < -0.4 is 16.6 Å². The molecule has 0 fully saturated rings. The summed E-state index contributed by atoms with van der Waals surface area (Å²) in [7, 11) is 0. The summed E-state index contributed by atoms with van der Waals surface area (Å²) >= 11 is 0. The van der Waals surface area contributed by atoms with Gasteiger partial charge >= 0.3 is 0 Å². The molecule has 0 saturated heterocycles. The molecule has 1 rings (SSSR count). The average Bonchev–Trinajstić information content (AvgIpc) is 2.27. The zero-order valence-electron chi connectivity index (χ0n) is 10.8. The van der Waals surface area contributed by atoms with Crippen LogP contribution in [0.1, 0.15) is 27.2 Å². The van der Waals surface area contributed by atoms with Crippen LogP contribution in [0, 0.1) is 5.92 Å². The van der Waals surface area contributed by atoms with Gasteiger partial charge in [-0.05, 0) is 19.3 Å². The Labute approximate surface area is 102 Å². The number of aryl methyl sites for hydroxylation is 1. The second-order valence-corrected chi connectivity index (χ2v) is 4.64. The average molecular weight is 238 g/mol. The molecule has 1 aromatic heterocycles. The molecule has 5 nitrogen and oxygen atoms in total. The molecule has 0 aliphatic heterocycles. The van der Waals surface area contributed by atoms with Crippen molar-refractivity contribution in [2.45, 2.75) is 39.8 Å². The molecule has 0 aromatic carbocycles. The van der Waals surface area contributed by atoms with Crippen LogP contribution in [-0.4, -0.2) is 22.1 Å². The Morgan fingerprint density at radius 1 is 1.53 bits per heavy atom. The van der Waals surface area contributed by atoms with Crippen molar-refractivity contribution in [3.05, 3.63) is 22.7 Å². The van der Waals surface area contributed by atoms with Gasteiger partial charge in [-0.25, -0.2) is 4.98 Å². The van der Waals surface area contributed by atoms with Crippen molar-refractivity contribution in [3.8, 4) is 0 Å². The van der Waals surface area contributed by atoms with Crippen LogP contribution in [0.3, 0.4) is 0 Å². The van der Waals surface area contributed by atoms with Crippen LogP contribution in [-0.2, 0) is 6.54 Å². The van der Waals surface area contributed by atoms with E-state index in [9.17, 15) is 4.79 Å². The molecule has 0 aliphatic rings. The molecule has 0 spiro atoms. The van der Waals surface area contributed by atoms with E-state index in [0.717, 1.165) is 6.42 Å². The first kappa shape index (κ1) is 13.7. The number of hydrogen-bond donors (Lipinski definition) is 2. The molecule has 0 amide bonds. The largest absolute Gasteiger partial charge is 0.364 e. The lowest BCUT2D eigenvalue weighted by Crippen LogP contribution is -2.33. The van der Waals surface area contributed by atoms with Gasteiger partial charge in [0, 0.05) is 31.5 Å². The monoisotopic (exact) mass is 238 g/mol. The van der Waals surface area contributed by atoms with Gasteiger partial charge in [0.25, 0.3) is 5.56 Å². The van der Waals surface area contributed by atoms with E-state index in [-0.39, 0.29) is 11.6 Å². The number of nitrogens with two attached hydrogens (primary N) is 1. The van der Waals surface area contributed by atoms with Crippen LogP contribution in [0.5, 0.6) is 0 Å². The highest BCUT2D eigenvalue weighted by molar-refractivity contribution is 5.30. The van der Waals surface area contributed by atoms with Crippen molar-refractivity contribution in [1.29, 1.82) is 0 Å². The van der Waals surface area contributed by atoms with Gasteiger partial charge in [0.2, 0.25) is 0 Å². The minimum Gasteiger partial charge on any atom is -0.364 e. The van der Waals surface area contributed by atoms with Gasteiger partial charge in [0.15, 0.2) is 5.82 Å². The predicted molar refractivity (Wildman–Crippen MR) is 70.1 cm³/mol. The highest BCUT2D eigenvalue weighted by Gasteiger charge is 2.08. The van der Waals surface area contributed by atoms with E-state index >= 15 is 0 Å². The summed E-state index contributed by atoms with van der Waals surface area (Å²) in [5.74, 6) is 0.941. The van der Waals surface area contributed by atoms with Gasteiger partial charge in [-0.3, -0.25) is 4.79 Å². The molecular formula is C12H22N4O. The maximum Gasteiger partial charge on any atom is 0.293 e. The molecule has 1 atom stereocenters. The molecule has 0 saturated carbocycles. The smallest absolute Gasteiger partial charge is 0.293 e. The van der Waals surface area contributed by atoms with E-state index in [4.69, 9.17) is 5.73 Å². The Hall–Kier alpha value is -1.36. The Bertz CT molecular complexity index is 400. The van der Waals surface area contributed by atoms with Crippen molar-refractivity contribution in [2.24, 2.45) is 11.7 Å². The van der Waals surface area contributed by atoms with Crippen LogP contribution in [0.2, 0.25) is 0 Å². The number of rotatable bonds is 6. The summed E-state index contributed by atoms with van der Waals surface area (Å²) in [6.07, 6.45) is 4.24. The highest BCUT2D eigenvalue weighted by Crippen LogP contribution is 2.03. The summed E-state index contributed by atoms with van der Waals surface area (Å²) in [6, 6.07) is 0.0477. The molecule has 1 heterocycles. The van der Waals surface area contributed by atoms with E-state index in [1.54, 1.807) is 17.0 Å². The number of nitrogens with zero attached hydrogens (tertiary/aromatic N) is 2. The third-order valence-electron chi connectivity index (χ3n) is 2.56. The van der Waals surface area contributed by atoms with Gasteiger partial charge in [-0.1, -0.05) is 13.8 Å². The SMILES string of the molecule is CCn1ccnc(NCC(N)CC(C)C)c1=O. The molecule has 1 aromatic rings. The van der Waals surface area contributed by atoms with Crippen molar-refractivity contribution in [2.75, 3.05) is 11.9 Å². The van der Waals surface area contributed by atoms with Crippen LogP contribution in [0.25, 0.3) is 0 Å². The summed E-state index contributed by atoms with van der Waals surface area (Å²) in [5.41, 5.74) is 5.85.